The molecule has 2 heterocycles. The van der Waals surface area contributed by atoms with E-state index in [9.17, 15) is 23.5 Å². The zero-order chi connectivity index (χ0) is 26.8. The normalized spacial score (nSPS) is 18.7. The number of carbonyl (C=O) groups excluding carboxylic acids is 2. The lowest BCUT2D eigenvalue weighted by atomic mass is 9.92. The van der Waals surface area contributed by atoms with Crippen molar-refractivity contribution in [2.24, 2.45) is 5.92 Å². The number of esters is 1. The fourth-order valence-electron chi connectivity index (χ4n) is 5.01. The van der Waals surface area contributed by atoms with Crippen molar-refractivity contribution in [3.05, 3.63) is 57.8 Å². The van der Waals surface area contributed by atoms with E-state index in [4.69, 9.17) is 4.74 Å². The fourth-order valence-corrected chi connectivity index (χ4v) is 5.98. The molecule has 3 atom stereocenters. The molecule has 1 aliphatic heterocycles. The molecule has 1 amide bonds. The second kappa shape index (κ2) is 14.0. The van der Waals surface area contributed by atoms with Crippen molar-refractivity contribution in [3.8, 4) is 0 Å². The van der Waals surface area contributed by atoms with Crippen LogP contribution in [0.3, 0.4) is 0 Å². The van der Waals surface area contributed by atoms with Crippen LogP contribution in [0.5, 0.6) is 0 Å². The topological polar surface area (TPSA) is 66.8 Å². The van der Waals surface area contributed by atoms with Crippen LogP contribution in [0.4, 0.5) is 8.78 Å². The van der Waals surface area contributed by atoms with Gasteiger partial charge in [-0.3, -0.25) is 4.79 Å². The van der Waals surface area contributed by atoms with Crippen LogP contribution >= 0.6 is 11.3 Å². The van der Waals surface area contributed by atoms with Gasteiger partial charge in [-0.1, -0.05) is 50.1 Å². The third-order valence-electron chi connectivity index (χ3n) is 7.30. The monoisotopic (exact) mass is 535 g/mol. The number of rotatable bonds is 15. The number of aliphatic hydroxyl groups excluding tert-OH is 1. The molecule has 0 saturated carbocycles. The molecular weight excluding hydrogens is 496 g/mol. The summed E-state index contributed by atoms with van der Waals surface area (Å²) in [4.78, 5) is 26.7. The van der Waals surface area contributed by atoms with Crippen LogP contribution in [0.15, 0.2) is 42.5 Å². The van der Waals surface area contributed by atoms with E-state index in [1.807, 2.05) is 19.1 Å². The number of carbonyl (C=O) groups is 2. The highest BCUT2D eigenvalue weighted by Gasteiger charge is 2.52. The maximum Gasteiger partial charge on any atom is 0.348 e. The largest absolute Gasteiger partial charge is 0.465 e. The van der Waals surface area contributed by atoms with Gasteiger partial charge in [-0.25, -0.2) is 4.79 Å². The van der Waals surface area contributed by atoms with E-state index >= 15 is 0 Å². The van der Waals surface area contributed by atoms with Gasteiger partial charge in [0.25, 0.3) is 5.91 Å². The Labute approximate surface area is 222 Å². The summed E-state index contributed by atoms with van der Waals surface area (Å²) < 4.78 is 33.2. The quantitative estimate of drug-likeness (QED) is 0.215. The molecule has 0 radical (unpaired) electrons. The summed E-state index contributed by atoms with van der Waals surface area (Å²) in [6, 6.07) is 13.3. The van der Waals surface area contributed by atoms with Crippen LogP contribution < -0.4 is 0 Å². The van der Waals surface area contributed by atoms with Crippen molar-refractivity contribution in [2.75, 3.05) is 13.7 Å². The van der Waals surface area contributed by atoms with E-state index < -0.39 is 36.4 Å². The molecule has 1 N–H and O–H groups in total. The van der Waals surface area contributed by atoms with Gasteiger partial charge in [0, 0.05) is 23.9 Å². The predicted molar refractivity (Wildman–Crippen MR) is 142 cm³/mol. The number of benzene rings is 1. The summed E-state index contributed by atoms with van der Waals surface area (Å²) in [5.41, 5.74) is 1.34. The van der Waals surface area contributed by atoms with Gasteiger partial charge in [-0.2, -0.15) is 8.78 Å². The summed E-state index contributed by atoms with van der Waals surface area (Å²) in [5.74, 6) is -4.77. The lowest BCUT2D eigenvalue weighted by molar-refractivity contribution is -0.148. The first-order valence-electron chi connectivity index (χ1n) is 13.3. The Morgan fingerprint density at radius 3 is 2.59 bits per heavy atom. The minimum atomic E-state index is -3.35. The van der Waals surface area contributed by atoms with Gasteiger partial charge in [0.1, 0.15) is 4.88 Å². The molecule has 1 fully saturated rings. The third kappa shape index (κ3) is 8.60. The number of hydrogen-bond acceptors (Lipinski definition) is 5. The number of ether oxygens (including phenoxy) is 1. The summed E-state index contributed by atoms with van der Waals surface area (Å²) in [7, 11) is 1.33. The Balaban J connectivity index is 1.40. The third-order valence-corrected chi connectivity index (χ3v) is 8.42. The van der Waals surface area contributed by atoms with Crippen LogP contribution in [0.2, 0.25) is 0 Å². The van der Waals surface area contributed by atoms with Gasteiger partial charge in [-0.15, -0.1) is 11.3 Å². The van der Waals surface area contributed by atoms with E-state index in [1.54, 1.807) is 6.07 Å². The molecule has 0 spiro atoms. The number of amides is 1. The van der Waals surface area contributed by atoms with Crippen molar-refractivity contribution in [3.63, 3.8) is 0 Å². The number of unbranched alkanes of at least 4 members (excludes halogenated alkanes) is 2. The van der Waals surface area contributed by atoms with Crippen LogP contribution in [0.25, 0.3) is 0 Å². The second-order valence-corrected chi connectivity index (χ2v) is 11.3. The fraction of sp³-hybridized carbons (Fsp3) is 0.586. The molecular formula is C29H39F2NO4S. The Morgan fingerprint density at radius 1 is 1.11 bits per heavy atom. The molecule has 8 heteroatoms. The van der Waals surface area contributed by atoms with E-state index in [0.29, 0.717) is 30.6 Å². The van der Waals surface area contributed by atoms with Gasteiger partial charge in [0.2, 0.25) is 0 Å². The minimum absolute atomic E-state index is 0.0885. The highest BCUT2D eigenvalue weighted by molar-refractivity contribution is 7.13. The van der Waals surface area contributed by atoms with Crippen LogP contribution in [0, 0.1) is 5.92 Å². The molecule has 1 aromatic heterocycles. The number of nitrogens with zero attached hydrogens (tertiary/aromatic N) is 1. The highest BCUT2D eigenvalue weighted by atomic mass is 32.1. The summed E-state index contributed by atoms with van der Waals surface area (Å²) >= 11 is 1.32. The molecule has 2 aromatic rings. The van der Waals surface area contributed by atoms with Gasteiger partial charge < -0.3 is 14.7 Å². The summed E-state index contributed by atoms with van der Waals surface area (Å²) in [5, 5.41) is 10.7. The van der Waals surface area contributed by atoms with E-state index in [0.717, 1.165) is 37.0 Å². The average Bonchev–Trinajstić information content (AvgIpc) is 3.45. The van der Waals surface area contributed by atoms with E-state index in [1.165, 1.54) is 28.9 Å². The van der Waals surface area contributed by atoms with Gasteiger partial charge in [0.05, 0.1) is 13.2 Å². The lowest BCUT2D eigenvalue weighted by Crippen LogP contribution is -2.37. The molecule has 37 heavy (non-hydrogen) atoms. The van der Waals surface area contributed by atoms with Crippen molar-refractivity contribution in [2.45, 2.75) is 89.2 Å². The molecule has 3 rings (SSSR count). The first kappa shape index (κ1) is 29.2. The van der Waals surface area contributed by atoms with E-state index in [2.05, 4.69) is 24.3 Å². The lowest BCUT2D eigenvalue weighted by Gasteiger charge is -2.26. The van der Waals surface area contributed by atoms with Crippen molar-refractivity contribution in [1.29, 1.82) is 0 Å². The van der Waals surface area contributed by atoms with Crippen molar-refractivity contribution < 1.29 is 28.2 Å². The van der Waals surface area contributed by atoms with Crippen LogP contribution in [-0.4, -0.2) is 53.6 Å². The molecule has 1 unspecified atom stereocenters. The summed E-state index contributed by atoms with van der Waals surface area (Å²) in [6.45, 7) is 2.25. The van der Waals surface area contributed by atoms with Gasteiger partial charge >= 0.3 is 11.9 Å². The SMILES string of the molecule is COC(=O)c1ccc(CCCN2C(=O)C(F)(F)CC2CC[C@@H](O)[C@@H](C)CCCCCc2ccccc2)s1. The second-order valence-electron chi connectivity index (χ2n) is 10.1. The number of thiophene rings is 1. The predicted octanol–water partition coefficient (Wildman–Crippen LogP) is 6.28. The Kier molecular flexibility index (Phi) is 11.1. The molecule has 0 bridgehead atoms. The maximum atomic E-state index is 14.3. The molecule has 204 valence electrons. The number of alkyl halides is 2. The zero-order valence-corrected chi connectivity index (χ0v) is 22.7. The van der Waals surface area contributed by atoms with Crippen molar-refractivity contribution in [1.82, 2.24) is 4.90 Å². The first-order chi connectivity index (χ1) is 17.7. The zero-order valence-electron chi connectivity index (χ0n) is 21.8. The van der Waals surface area contributed by atoms with Gasteiger partial charge in [-0.05, 0) is 68.6 Å². The minimum Gasteiger partial charge on any atom is -0.465 e. The van der Waals surface area contributed by atoms with Crippen molar-refractivity contribution >= 4 is 23.2 Å². The Bertz CT molecular complexity index is 997. The highest BCUT2D eigenvalue weighted by Crippen LogP contribution is 2.36. The number of aryl methyl sites for hydroxylation is 2. The maximum absolute atomic E-state index is 14.3. The number of likely N-dealkylation sites (tertiary alicyclic amines) is 1. The number of aliphatic hydroxyl groups is 1. The molecule has 1 saturated heterocycles. The Hall–Kier alpha value is -2.32. The Morgan fingerprint density at radius 2 is 1.86 bits per heavy atom. The summed E-state index contributed by atoms with van der Waals surface area (Å²) in [6.07, 6.45) is 6.01. The molecule has 1 aliphatic rings. The molecule has 5 nitrogen and oxygen atoms in total. The molecule has 0 aliphatic carbocycles. The van der Waals surface area contributed by atoms with E-state index in [-0.39, 0.29) is 12.5 Å². The van der Waals surface area contributed by atoms with Crippen LogP contribution in [-0.2, 0) is 22.4 Å². The standard InChI is InChI=1S/C29H39F2NO4S/c1-21(10-5-3-6-11-22-12-7-4-8-13-22)25(33)17-15-23-20-29(30,31)28(35)32(23)19-9-14-24-16-18-26(37-24)27(34)36-2/h4,7-8,12-13,16,18,21,23,25,33H,3,5-6,9-11,14-15,17,19-20H2,1-2H3/t21-,23?,25+/m0/s1. The van der Waals surface area contributed by atoms with Gasteiger partial charge in [0.15, 0.2) is 0 Å². The first-order valence-corrected chi connectivity index (χ1v) is 14.1. The molecule has 1 aromatic carbocycles. The number of halogens is 2. The average molecular weight is 536 g/mol. The number of methoxy groups -OCH3 is 1. The van der Waals surface area contributed by atoms with Crippen LogP contribution in [0.1, 0.15) is 78.4 Å². The number of hydrogen-bond donors (Lipinski definition) is 1. The smallest absolute Gasteiger partial charge is 0.348 e.